The molecule has 2 heterocycles. The van der Waals surface area contributed by atoms with Crippen LogP contribution in [0.25, 0.3) is 0 Å². The average Bonchev–Trinajstić information content (AvgIpc) is 3.14. The monoisotopic (exact) mass is 348 g/mol. The Bertz CT molecular complexity index is 872. The van der Waals surface area contributed by atoms with Crippen molar-refractivity contribution >= 4 is 23.4 Å². The van der Waals surface area contributed by atoms with Gasteiger partial charge in [-0.15, -0.1) is 0 Å². The number of nitrogens with zero attached hydrogens (tertiary/aromatic N) is 2. The molecule has 3 amide bonds. The summed E-state index contributed by atoms with van der Waals surface area (Å²) in [5.74, 6) is -0.280. The maximum Gasteiger partial charge on any atom is 0.258 e. The van der Waals surface area contributed by atoms with E-state index in [1.165, 1.54) is 10.5 Å². The van der Waals surface area contributed by atoms with Crippen LogP contribution in [0.1, 0.15) is 41.3 Å². The first-order valence-corrected chi connectivity index (χ1v) is 8.88. The minimum atomic E-state index is -0.127. The highest BCUT2D eigenvalue weighted by atomic mass is 16.2. The molecule has 1 saturated heterocycles. The second kappa shape index (κ2) is 6.41. The van der Waals surface area contributed by atoms with Crippen LogP contribution < -0.4 is 4.90 Å². The Hall–Kier alpha value is -2.95. The van der Waals surface area contributed by atoms with E-state index < -0.39 is 0 Å². The van der Waals surface area contributed by atoms with E-state index >= 15 is 0 Å². The zero-order chi connectivity index (χ0) is 18.3. The number of para-hydroxylation sites is 1. The maximum absolute atomic E-state index is 13.0. The lowest BCUT2D eigenvalue weighted by atomic mass is 10.1. The van der Waals surface area contributed by atoms with Crippen LogP contribution in [0.15, 0.2) is 48.5 Å². The molecule has 0 bridgehead atoms. The number of fused-ring (bicyclic) bond motifs is 1. The van der Waals surface area contributed by atoms with Crippen molar-refractivity contribution in [2.45, 2.75) is 38.8 Å². The van der Waals surface area contributed by atoms with E-state index in [1.54, 1.807) is 12.1 Å². The Morgan fingerprint density at radius 2 is 1.65 bits per heavy atom. The van der Waals surface area contributed by atoms with Crippen molar-refractivity contribution in [1.29, 1.82) is 0 Å². The number of rotatable bonds is 3. The van der Waals surface area contributed by atoms with Crippen molar-refractivity contribution in [2.24, 2.45) is 0 Å². The summed E-state index contributed by atoms with van der Waals surface area (Å²) in [5.41, 5.74) is 3.62. The lowest BCUT2D eigenvalue weighted by Gasteiger charge is -2.23. The molecule has 2 aliphatic heterocycles. The molecule has 2 aromatic carbocycles. The Labute approximate surface area is 152 Å². The molecule has 132 valence electrons. The zero-order valence-corrected chi connectivity index (χ0v) is 14.6. The van der Waals surface area contributed by atoms with Gasteiger partial charge in [-0.3, -0.25) is 19.3 Å². The minimum Gasteiger partial charge on any atom is -0.305 e. The summed E-state index contributed by atoms with van der Waals surface area (Å²) in [7, 11) is 0. The van der Waals surface area contributed by atoms with Crippen molar-refractivity contribution in [2.75, 3.05) is 4.90 Å². The van der Waals surface area contributed by atoms with Crippen molar-refractivity contribution in [1.82, 2.24) is 4.90 Å². The van der Waals surface area contributed by atoms with Crippen LogP contribution in [0.2, 0.25) is 0 Å². The number of imide groups is 1. The van der Waals surface area contributed by atoms with Gasteiger partial charge in [0.05, 0.1) is 6.54 Å². The molecule has 0 aliphatic carbocycles. The second-order valence-corrected chi connectivity index (χ2v) is 6.93. The van der Waals surface area contributed by atoms with Gasteiger partial charge in [0.2, 0.25) is 11.8 Å². The predicted octanol–water partition coefficient (Wildman–Crippen LogP) is 2.93. The summed E-state index contributed by atoms with van der Waals surface area (Å²) in [6.45, 7) is 2.33. The van der Waals surface area contributed by atoms with Gasteiger partial charge in [0.15, 0.2) is 0 Å². The molecule has 2 aliphatic rings. The number of hydrogen-bond donors (Lipinski definition) is 0. The normalized spacial score (nSPS) is 19.2. The van der Waals surface area contributed by atoms with Crippen molar-refractivity contribution in [3.8, 4) is 0 Å². The smallest absolute Gasteiger partial charge is 0.258 e. The quantitative estimate of drug-likeness (QED) is 0.802. The van der Waals surface area contributed by atoms with Crippen molar-refractivity contribution < 1.29 is 14.4 Å². The fraction of sp³-hybridized carbons (Fsp3) is 0.286. The Morgan fingerprint density at radius 1 is 1.00 bits per heavy atom. The first-order valence-electron chi connectivity index (χ1n) is 8.88. The average molecular weight is 348 g/mol. The summed E-state index contributed by atoms with van der Waals surface area (Å²) >= 11 is 0. The second-order valence-electron chi connectivity index (χ2n) is 6.93. The van der Waals surface area contributed by atoms with Gasteiger partial charge in [-0.1, -0.05) is 30.3 Å². The number of carbonyl (C=O) groups is 3. The first-order chi connectivity index (χ1) is 12.5. The van der Waals surface area contributed by atoms with Crippen LogP contribution in [-0.4, -0.2) is 28.7 Å². The van der Waals surface area contributed by atoms with Crippen molar-refractivity contribution in [3.63, 3.8) is 0 Å². The van der Waals surface area contributed by atoms with Gasteiger partial charge < -0.3 is 4.90 Å². The molecule has 1 atom stereocenters. The van der Waals surface area contributed by atoms with Gasteiger partial charge in [-0.25, -0.2) is 0 Å². The molecule has 0 unspecified atom stereocenters. The fourth-order valence-corrected chi connectivity index (χ4v) is 3.75. The third kappa shape index (κ3) is 2.79. The van der Waals surface area contributed by atoms with E-state index in [2.05, 4.69) is 13.0 Å². The third-order valence-electron chi connectivity index (χ3n) is 5.12. The van der Waals surface area contributed by atoms with Gasteiger partial charge in [-0.2, -0.15) is 0 Å². The van der Waals surface area contributed by atoms with Crippen LogP contribution in [0.5, 0.6) is 0 Å². The molecule has 5 heteroatoms. The van der Waals surface area contributed by atoms with Crippen LogP contribution in [0.3, 0.4) is 0 Å². The topological polar surface area (TPSA) is 57.7 Å². The Morgan fingerprint density at radius 3 is 2.35 bits per heavy atom. The Kier molecular flexibility index (Phi) is 4.07. The van der Waals surface area contributed by atoms with Crippen molar-refractivity contribution in [3.05, 3.63) is 65.2 Å². The number of likely N-dealkylation sites (tertiary alicyclic amines) is 1. The minimum absolute atomic E-state index is 0.0256. The van der Waals surface area contributed by atoms with Crippen LogP contribution >= 0.6 is 0 Å². The van der Waals surface area contributed by atoms with E-state index in [4.69, 9.17) is 0 Å². The summed E-state index contributed by atoms with van der Waals surface area (Å²) < 4.78 is 0. The molecule has 26 heavy (non-hydrogen) atoms. The van der Waals surface area contributed by atoms with E-state index in [0.29, 0.717) is 18.4 Å². The molecule has 0 N–H and O–H groups in total. The van der Waals surface area contributed by atoms with E-state index in [-0.39, 0.29) is 30.3 Å². The highest BCUT2D eigenvalue weighted by molar-refractivity contribution is 6.07. The molecule has 2 aromatic rings. The van der Waals surface area contributed by atoms with Gasteiger partial charge in [-0.05, 0) is 42.7 Å². The van der Waals surface area contributed by atoms with Gasteiger partial charge in [0.25, 0.3) is 5.91 Å². The van der Waals surface area contributed by atoms with Gasteiger partial charge in [0, 0.05) is 30.1 Å². The fourth-order valence-electron chi connectivity index (χ4n) is 3.75. The summed E-state index contributed by atoms with van der Waals surface area (Å²) in [4.78, 5) is 39.6. The maximum atomic E-state index is 13.0. The van der Waals surface area contributed by atoms with E-state index in [0.717, 1.165) is 17.7 Å². The molecule has 1 fully saturated rings. The largest absolute Gasteiger partial charge is 0.305 e. The summed E-state index contributed by atoms with van der Waals surface area (Å²) in [6, 6.07) is 15.3. The SMILES string of the molecule is C[C@@H]1Cc2ccccc2N1C(=O)c1ccc(CN2C(=O)CCC2=O)cc1. The lowest BCUT2D eigenvalue weighted by Crippen LogP contribution is -2.35. The number of carbonyl (C=O) groups excluding carboxylic acids is 3. The molecule has 0 radical (unpaired) electrons. The molecule has 0 spiro atoms. The molecular weight excluding hydrogens is 328 g/mol. The molecule has 5 nitrogen and oxygen atoms in total. The zero-order valence-electron chi connectivity index (χ0n) is 14.6. The highest BCUT2D eigenvalue weighted by Crippen LogP contribution is 2.33. The number of anilines is 1. The van der Waals surface area contributed by atoms with Crippen LogP contribution in [-0.2, 0) is 22.6 Å². The highest BCUT2D eigenvalue weighted by Gasteiger charge is 2.31. The van der Waals surface area contributed by atoms with E-state index in [1.807, 2.05) is 35.2 Å². The van der Waals surface area contributed by atoms with E-state index in [9.17, 15) is 14.4 Å². The predicted molar refractivity (Wildman–Crippen MR) is 97.7 cm³/mol. The van der Waals surface area contributed by atoms with Gasteiger partial charge >= 0.3 is 0 Å². The number of benzene rings is 2. The van der Waals surface area contributed by atoms with Crippen LogP contribution in [0.4, 0.5) is 5.69 Å². The molecule has 4 rings (SSSR count). The van der Waals surface area contributed by atoms with Crippen LogP contribution in [0, 0.1) is 0 Å². The third-order valence-corrected chi connectivity index (χ3v) is 5.12. The summed E-state index contributed by atoms with van der Waals surface area (Å²) in [6.07, 6.45) is 1.45. The first kappa shape index (κ1) is 16.5. The number of hydrogen-bond acceptors (Lipinski definition) is 3. The molecular formula is C21H20N2O3. The summed E-state index contributed by atoms with van der Waals surface area (Å²) in [5, 5.41) is 0. The molecule has 0 saturated carbocycles. The van der Waals surface area contributed by atoms with Gasteiger partial charge in [0.1, 0.15) is 0 Å². The standard InChI is InChI=1S/C21H20N2O3/c1-14-12-17-4-2-3-5-18(17)23(14)21(26)16-8-6-15(7-9-16)13-22-19(24)10-11-20(22)25/h2-9,14H,10-13H2,1H3/t14-/m1/s1. The Balaban J connectivity index is 1.53. The lowest BCUT2D eigenvalue weighted by molar-refractivity contribution is -0.139. The number of amides is 3. The molecule has 0 aromatic heterocycles.